The van der Waals surface area contributed by atoms with Gasteiger partial charge in [0, 0.05) is 56.1 Å². The largest absolute Gasteiger partial charge is 0.341 e. The molecule has 2 aliphatic heterocycles. The van der Waals surface area contributed by atoms with E-state index in [1.54, 1.807) is 10.9 Å². The molecule has 3 rings (SSSR count). The Bertz CT molecular complexity index is 465. The summed E-state index contributed by atoms with van der Waals surface area (Å²) < 4.78 is 1.80. The number of thioether (sulfide) groups is 1. The fourth-order valence-electron chi connectivity index (χ4n) is 3.54. The lowest BCUT2D eigenvalue weighted by atomic mass is 10.0. The van der Waals surface area contributed by atoms with Crippen molar-refractivity contribution in [2.45, 2.75) is 38.3 Å². The molecule has 1 atom stereocenters. The molecule has 0 radical (unpaired) electrons. The molecule has 1 amide bonds. The number of hydrogen-bond donors (Lipinski definition) is 0. The van der Waals surface area contributed by atoms with Crippen LogP contribution in [0, 0.1) is 0 Å². The van der Waals surface area contributed by atoms with Crippen molar-refractivity contribution >= 4 is 17.7 Å². The Labute approximate surface area is 137 Å². The van der Waals surface area contributed by atoms with Crippen LogP contribution in [0.5, 0.6) is 0 Å². The topological polar surface area (TPSA) is 41.4 Å². The molecule has 2 aliphatic rings. The van der Waals surface area contributed by atoms with Crippen LogP contribution in [0.25, 0.3) is 0 Å². The van der Waals surface area contributed by atoms with Gasteiger partial charge in [-0.25, -0.2) is 0 Å². The maximum atomic E-state index is 12.8. The van der Waals surface area contributed by atoms with Gasteiger partial charge in [-0.1, -0.05) is 6.92 Å². The summed E-state index contributed by atoms with van der Waals surface area (Å²) in [6.07, 6.45) is 6.67. The second-order valence-corrected chi connectivity index (χ2v) is 7.34. The highest BCUT2D eigenvalue weighted by Crippen LogP contribution is 2.23. The number of aromatic nitrogens is 2. The number of nitrogens with zero attached hydrogens (tertiary/aromatic N) is 4. The summed E-state index contributed by atoms with van der Waals surface area (Å²) in [4.78, 5) is 17.4. The molecule has 6 heteroatoms. The second-order valence-electron chi connectivity index (χ2n) is 6.11. The molecule has 1 aromatic heterocycles. The first kappa shape index (κ1) is 15.9. The molecule has 0 bridgehead atoms. The van der Waals surface area contributed by atoms with Crippen LogP contribution in [0.1, 0.15) is 32.2 Å². The van der Waals surface area contributed by atoms with E-state index in [0.717, 1.165) is 32.4 Å². The lowest BCUT2D eigenvalue weighted by Gasteiger charge is -2.40. The van der Waals surface area contributed by atoms with Crippen molar-refractivity contribution in [1.29, 1.82) is 0 Å². The highest BCUT2D eigenvalue weighted by atomic mass is 32.2. The van der Waals surface area contributed by atoms with Crippen LogP contribution in [0.2, 0.25) is 0 Å². The lowest BCUT2D eigenvalue weighted by molar-refractivity contribution is -0.136. The van der Waals surface area contributed by atoms with E-state index < -0.39 is 0 Å². The number of likely N-dealkylation sites (tertiary alicyclic amines) is 1. The Balaban J connectivity index is 1.55. The van der Waals surface area contributed by atoms with Crippen LogP contribution in [0.15, 0.2) is 18.5 Å². The molecule has 0 unspecified atom stereocenters. The first-order chi connectivity index (χ1) is 10.8. The summed E-state index contributed by atoms with van der Waals surface area (Å²) in [7, 11) is 0. The summed E-state index contributed by atoms with van der Waals surface area (Å²) in [5, 5.41) is 4.25. The van der Waals surface area contributed by atoms with Gasteiger partial charge >= 0.3 is 0 Å². The van der Waals surface area contributed by atoms with Crippen LogP contribution in [-0.4, -0.2) is 69.2 Å². The van der Waals surface area contributed by atoms with Crippen LogP contribution < -0.4 is 0 Å². The maximum Gasteiger partial charge on any atom is 0.247 e. The number of amides is 1. The van der Waals surface area contributed by atoms with Crippen molar-refractivity contribution in [1.82, 2.24) is 19.6 Å². The van der Waals surface area contributed by atoms with Crippen LogP contribution >= 0.6 is 11.8 Å². The Morgan fingerprint density at radius 2 is 2.00 bits per heavy atom. The van der Waals surface area contributed by atoms with Crippen molar-refractivity contribution < 1.29 is 4.79 Å². The van der Waals surface area contributed by atoms with E-state index >= 15 is 0 Å². The number of piperidine rings is 1. The molecule has 122 valence electrons. The maximum absolute atomic E-state index is 12.8. The van der Waals surface area contributed by atoms with E-state index in [9.17, 15) is 4.79 Å². The molecule has 2 saturated heterocycles. The summed E-state index contributed by atoms with van der Waals surface area (Å²) in [5.74, 6) is 2.76. The zero-order chi connectivity index (χ0) is 15.4. The van der Waals surface area contributed by atoms with Gasteiger partial charge in [-0.2, -0.15) is 16.9 Å². The average Bonchev–Trinajstić information content (AvgIpc) is 3.11. The highest BCUT2D eigenvalue weighted by Gasteiger charge is 2.31. The summed E-state index contributed by atoms with van der Waals surface area (Å²) >= 11 is 2.06. The van der Waals surface area contributed by atoms with Gasteiger partial charge in [-0.05, 0) is 25.3 Å². The highest BCUT2D eigenvalue weighted by molar-refractivity contribution is 7.99. The van der Waals surface area contributed by atoms with Crippen LogP contribution in [0.3, 0.4) is 0 Å². The first-order valence-corrected chi connectivity index (χ1v) is 9.54. The smallest absolute Gasteiger partial charge is 0.247 e. The molecule has 22 heavy (non-hydrogen) atoms. The minimum Gasteiger partial charge on any atom is -0.341 e. The molecule has 1 aromatic rings. The fraction of sp³-hybridized carbons (Fsp3) is 0.750. The van der Waals surface area contributed by atoms with E-state index in [0.29, 0.717) is 6.04 Å². The quantitative estimate of drug-likeness (QED) is 0.849. The Hall–Kier alpha value is -1.01. The van der Waals surface area contributed by atoms with Crippen molar-refractivity contribution in [3.05, 3.63) is 18.5 Å². The Morgan fingerprint density at radius 3 is 2.59 bits per heavy atom. The van der Waals surface area contributed by atoms with E-state index in [2.05, 4.69) is 28.7 Å². The standard InChI is InChI=1S/C16H26N4OS/c1-2-15(20-7-3-6-17-20)16(21)19-8-4-14(5-9-19)18-10-12-22-13-11-18/h3,6-7,14-15H,2,4-5,8-13H2,1H3/t15-/m0/s1. The van der Waals surface area contributed by atoms with Crippen LogP contribution in [0.4, 0.5) is 0 Å². The molecule has 0 aliphatic carbocycles. The van der Waals surface area contributed by atoms with E-state index in [1.807, 2.05) is 17.2 Å². The lowest BCUT2D eigenvalue weighted by Crippen LogP contribution is -2.50. The van der Waals surface area contributed by atoms with Crippen molar-refractivity contribution in [3.8, 4) is 0 Å². The summed E-state index contributed by atoms with van der Waals surface area (Å²) in [6.45, 7) is 6.28. The molecule has 0 saturated carbocycles. The minimum absolute atomic E-state index is 0.141. The third-order valence-corrected chi connectivity index (χ3v) is 5.80. The number of rotatable bonds is 4. The van der Waals surface area contributed by atoms with Gasteiger partial charge in [-0.15, -0.1) is 0 Å². The molecule has 0 spiro atoms. The number of hydrogen-bond acceptors (Lipinski definition) is 4. The van der Waals surface area contributed by atoms with Gasteiger partial charge in [0.05, 0.1) is 0 Å². The normalized spacial score (nSPS) is 22.7. The number of carbonyl (C=O) groups excluding carboxylic acids is 1. The van der Waals surface area contributed by atoms with Gasteiger partial charge in [0.25, 0.3) is 0 Å². The Morgan fingerprint density at radius 1 is 1.27 bits per heavy atom. The van der Waals surface area contributed by atoms with E-state index in [4.69, 9.17) is 0 Å². The molecule has 0 N–H and O–H groups in total. The predicted octanol–water partition coefficient (Wildman–Crippen LogP) is 1.87. The van der Waals surface area contributed by atoms with Gasteiger partial charge in [0.1, 0.15) is 6.04 Å². The van der Waals surface area contributed by atoms with E-state index in [-0.39, 0.29) is 11.9 Å². The van der Waals surface area contributed by atoms with E-state index in [1.165, 1.54) is 24.6 Å². The predicted molar refractivity (Wildman–Crippen MR) is 90.1 cm³/mol. The SMILES string of the molecule is CC[C@@H](C(=O)N1CCC(N2CCSCC2)CC1)n1cccn1. The third-order valence-electron chi connectivity index (χ3n) is 4.85. The second kappa shape index (κ2) is 7.51. The molecule has 0 aromatic carbocycles. The summed E-state index contributed by atoms with van der Waals surface area (Å²) in [5.41, 5.74) is 0. The minimum atomic E-state index is -0.141. The molecule has 2 fully saturated rings. The molecule has 3 heterocycles. The third kappa shape index (κ3) is 3.49. The van der Waals surface area contributed by atoms with Crippen LogP contribution in [-0.2, 0) is 4.79 Å². The zero-order valence-corrected chi connectivity index (χ0v) is 14.2. The van der Waals surface area contributed by atoms with Crippen molar-refractivity contribution in [2.75, 3.05) is 37.7 Å². The van der Waals surface area contributed by atoms with Crippen molar-refractivity contribution in [3.63, 3.8) is 0 Å². The van der Waals surface area contributed by atoms with Gasteiger partial charge in [0.2, 0.25) is 5.91 Å². The molecular formula is C16H26N4OS. The van der Waals surface area contributed by atoms with Gasteiger partial charge in [0.15, 0.2) is 0 Å². The average molecular weight is 322 g/mol. The fourth-order valence-corrected chi connectivity index (χ4v) is 4.48. The monoisotopic (exact) mass is 322 g/mol. The van der Waals surface area contributed by atoms with Gasteiger partial charge in [-0.3, -0.25) is 14.4 Å². The molecule has 5 nitrogen and oxygen atoms in total. The Kier molecular flexibility index (Phi) is 5.41. The summed E-state index contributed by atoms with van der Waals surface area (Å²) in [6, 6.07) is 2.42. The van der Waals surface area contributed by atoms with Crippen molar-refractivity contribution in [2.24, 2.45) is 0 Å². The van der Waals surface area contributed by atoms with Gasteiger partial charge < -0.3 is 4.90 Å². The first-order valence-electron chi connectivity index (χ1n) is 8.39. The number of carbonyl (C=O) groups is 1. The zero-order valence-electron chi connectivity index (χ0n) is 13.4. The molecular weight excluding hydrogens is 296 g/mol.